The molecule has 0 aliphatic rings. The monoisotopic (exact) mass is 763 g/mol. The minimum absolute atomic E-state index is 0.0123. The molecule has 13 nitrogen and oxygen atoms in total. The number of azide groups is 1. The van der Waals surface area contributed by atoms with Gasteiger partial charge in [0.05, 0.1) is 34.8 Å². The topological polar surface area (TPSA) is 180 Å². The molecule has 0 aliphatic heterocycles. The second-order valence-corrected chi connectivity index (χ2v) is 17.2. The van der Waals surface area contributed by atoms with Crippen molar-refractivity contribution in [2.24, 2.45) is 39.6 Å². The van der Waals surface area contributed by atoms with Crippen LogP contribution in [-0.2, 0) is 39.8 Å². The summed E-state index contributed by atoms with van der Waals surface area (Å²) in [4.78, 5) is 47.5. The van der Waals surface area contributed by atoms with Crippen molar-refractivity contribution in [2.75, 3.05) is 19.8 Å². The van der Waals surface area contributed by atoms with Gasteiger partial charge in [-0.25, -0.2) is 0 Å². The van der Waals surface area contributed by atoms with Crippen LogP contribution in [0.5, 0.6) is 0 Å². The summed E-state index contributed by atoms with van der Waals surface area (Å²) < 4.78 is 20.7. The summed E-state index contributed by atoms with van der Waals surface area (Å²) in [7, 11) is 0. The molecule has 0 spiro atoms. The second-order valence-electron chi connectivity index (χ2n) is 17.2. The van der Waals surface area contributed by atoms with Crippen LogP contribution in [0.15, 0.2) is 35.5 Å². The van der Waals surface area contributed by atoms with Gasteiger partial charge in [-0.1, -0.05) is 115 Å². The third-order valence-electron chi connectivity index (χ3n) is 7.31. The van der Waals surface area contributed by atoms with E-state index in [0.717, 1.165) is 30.4 Å². The van der Waals surface area contributed by atoms with Crippen LogP contribution in [0.3, 0.4) is 0 Å². The molecule has 0 saturated carbocycles. The molecule has 13 heteroatoms. The molecular formula is C41H70N4O9. The molecule has 54 heavy (non-hydrogen) atoms. The number of carbonyl (C=O) groups excluding carboxylic acids is 3. The third-order valence-corrected chi connectivity index (χ3v) is 7.31. The number of nitro groups is 1. The van der Waals surface area contributed by atoms with Gasteiger partial charge in [-0.2, -0.15) is 0 Å². The highest BCUT2D eigenvalue weighted by molar-refractivity contribution is 5.72. The Morgan fingerprint density at radius 3 is 1.83 bits per heavy atom. The van der Waals surface area contributed by atoms with Crippen molar-refractivity contribution in [1.82, 2.24) is 0 Å². The van der Waals surface area contributed by atoms with Crippen LogP contribution in [0.4, 0.5) is 5.69 Å². The number of hydrogen-bond acceptors (Lipinski definition) is 10. The molecule has 1 aromatic carbocycles. The number of ether oxygens (including phenoxy) is 4. The number of esters is 3. The first-order valence-corrected chi connectivity index (χ1v) is 18.8. The Bertz CT molecular complexity index is 1370. The number of nitrogens with zero attached hydrogens (tertiary/aromatic N) is 4. The van der Waals surface area contributed by atoms with Crippen molar-refractivity contribution in [3.8, 4) is 0 Å². The van der Waals surface area contributed by atoms with E-state index >= 15 is 0 Å². The van der Waals surface area contributed by atoms with E-state index in [1.54, 1.807) is 46.8 Å². The predicted octanol–water partition coefficient (Wildman–Crippen LogP) is 10.9. The average Bonchev–Trinajstić information content (AvgIpc) is 3.03. The molecule has 1 rings (SSSR count). The lowest BCUT2D eigenvalue weighted by atomic mass is 9.87. The number of carbonyl (C=O) groups is 3. The number of hydrogen-bond donors (Lipinski definition) is 0. The molecule has 2 atom stereocenters. The maximum absolute atomic E-state index is 11.7. The minimum atomic E-state index is -0.643. The van der Waals surface area contributed by atoms with Gasteiger partial charge in [0.15, 0.2) is 0 Å². The zero-order chi connectivity index (χ0) is 42.4. The molecule has 0 bridgehead atoms. The first-order valence-electron chi connectivity index (χ1n) is 18.8. The highest BCUT2D eigenvalue weighted by atomic mass is 16.6. The standard InChI is InChI=1S/C17H25NO4.C13H24O2.C11H21N3O3/c1-11(2)16(19)22-12(3)14-9-13(10-17(4,5)6)7-8-15(14)18(20)21;1-10(2)12(14)15-9-11(3)7-8-13(4,5)6;1-8(2)7-10(13-14-12)16-5-6-17-11(15)9(3)4/h7-9,11-12H,10H2,1-6H3;10H,3,7-9H2,1-2,4-6H3;8-10H,5-7H2,1-4H3. The van der Waals surface area contributed by atoms with Crippen LogP contribution in [0.25, 0.3) is 10.4 Å². The summed E-state index contributed by atoms with van der Waals surface area (Å²) in [5, 5.41) is 14.7. The molecule has 0 aliphatic carbocycles. The Morgan fingerprint density at radius 2 is 1.39 bits per heavy atom. The SMILES string of the molecule is C=C(CCC(C)(C)C)COC(=O)C(C)C.CC(C)C(=O)OC(C)c1cc(CC(C)(C)C)ccc1[N+](=O)[O-].CC(C)CC(N=[N+]=[N-])OCCOC(=O)C(C)C. The Morgan fingerprint density at radius 1 is 0.852 bits per heavy atom. The molecule has 308 valence electrons. The molecule has 0 N–H and O–H groups in total. The normalized spacial score (nSPS) is 12.4. The van der Waals surface area contributed by atoms with E-state index in [0.29, 0.717) is 29.9 Å². The van der Waals surface area contributed by atoms with E-state index in [-0.39, 0.29) is 60.0 Å². The summed E-state index contributed by atoms with van der Waals surface area (Å²) in [6.45, 7) is 34.0. The van der Waals surface area contributed by atoms with Gasteiger partial charge in [0.2, 0.25) is 0 Å². The lowest BCUT2D eigenvalue weighted by Crippen LogP contribution is -2.19. The van der Waals surface area contributed by atoms with Crippen molar-refractivity contribution in [1.29, 1.82) is 0 Å². The van der Waals surface area contributed by atoms with E-state index in [1.807, 2.05) is 27.7 Å². The first kappa shape index (κ1) is 52.1. The van der Waals surface area contributed by atoms with Crippen LogP contribution in [0, 0.1) is 44.6 Å². The van der Waals surface area contributed by atoms with E-state index in [4.69, 9.17) is 24.5 Å². The van der Waals surface area contributed by atoms with Crippen LogP contribution in [0.1, 0.15) is 140 Å². The van der Waals surface area contributed by atoms with Gasteiger partial charge in [-0.15, -0.1) is 0 Å². The van der Waals surface area contributed by atoms with Crippen molar-refractivity contribution < 1.29 is 38.3 Å². The van der Waals surface area contributed by atoms with Gasteiger partial charge in [0.1, 0.15) is 25.5 Å². The average molecular weight is 763 g/mol. The lowest BCUT2D eigenvalue weighted by Gasteiger charge is -2.20. The van der Waals surface area contributed by atoms with Gasteiger partial charge in [-0.3, -0.25) is 24.5 Å². The zero-order valence-corrected chi connectivity index (χ0v) is 35.8. The first-order chi connectivity index (χ1) is 24.7. The Hall–Kier alpha value is -3.96. The quantitative estimate of drug-likeness (QED) is 0.0162. The summed E-state index contributed by atoms with van der Waals surface area (Å²) in [5.41, 5.74) is 11.2. The third kappa shape index (κ3) is 26.7. The van der Waals surface area contributed by atoms with Gasteiger partial charge in [0, 0.05) is 11.0 Å². The number of benzene rings is 1. The Kier molecular flexibility index (Phi) is 25.1. The van der Waals surface area contributed by atoms with Gasteiger partial charge >= 0.3 is 17.9 Å². The Balaban J connectivity index is 0. The molecule has 0 amide bonds. The lowest BCUT2D eigenvalue weighted by molar-refractivity contribution is -0.386. The van der Waals surface area contributed by atoms with Gasteiger partial charge < -0.3 is 18.9 Å². The number of rotatable bonds is 18. The fraction of sp³-hybridized carbons (Fsp3) is 0.732. The molecule has 0 fully saturated rings. The van der Waals surface area contributed by atoms with Gasteiger partial charge in [-0.05, 0) is 72.1 Å². The molecule has 0 heterocycles. The molecule has 0 saturated heterocycles. The smallest absolute Gasteiger partial charge is 0.308 e. The van der Waals surface area contributed by atoms with Crippen LogP contribution in [-0.4, -0.2) is 48.9 Å². The molecule has 2 unspecified atom stereocenters. The van der Waals surface area contributed by atoms with E-state index in [9.17, 15) is 24.5 Å². The van der Waals surface area contributed by atoms with Crippen molar-refractivity contribution in [3.05, 3.63) is 62.0 Å². The number of nitro benzene ring substituents is 1. The largest absolute Gasteiger partial charge is 0.463 e. The van der Waals surface area contributed by atoms with E-state index in [2.05, 4.69) is 58.1 Å². The summed E-state index contributed by atoms with van der Waals surface area (Å²) in [6.07, 6.45) is 2.32. The Labute approximate surface area is 324 Å². The van der Waals surface area contributed by atoms with Crippen LogP contribution in [0.2, 0.25) is 0 Å². The second kappa shape index (κ2) is 26.0. The van der Waals surface area contributed by atoms with Crippen molar-refractivity contribution >= 4 is 23.6 Å². The molecular weight excluding hydrogens is 692 g/mol. The van der Waals surface area contributed by atoms with Crippen molar-refractivity contribution in [3.63, 3.8) is 0 Å². The fourth-order valence-electron chi connectivity index (χ4n) is 4.26. The highest BCUT2D eigenvalue weighted by Gasteiger charge is 2.24. The molecule has 1 aromatic rings. The van der Waals surface area contributed by atoms with E-state index in [1.165, 1.54) is 6.07 Å². The zero-order valence-electron chi connectivity index (χ0n) is 35.8. The maximum Gasteiger partial charge on any atom is 0.308 e. The van der Waals surface area contributed by atoms with E-state index < -0.39 is 17.3 Å². The molecule has 0 radical (unpaired) electrons. The summed E-state index contributed by atoms with van der Waals surface area (Å²) in [6, 6.07) is 5.04. The van der Waals surface area contributed by atoms with Crippen LogP contribution < -0.4 is 0 Å². The highest BCUT2D eigenvalue weighted by Crippen LogP contribution is 2.31. The summed E-state index contributed by atoms with van der Waals surface area (Å²) in [5.74, 6) is -0.838. The van der Waals surface area contributed by atoms with Gasteiger partial charge in [0.25, 0.3) is 5.69 Å². The van der Waals surface area contributed by atoms with Crippen molar-refractivity contribution in [2.45, 2.75) is 142 Å². The summed E-state index contributed by atoms with van der Waals surface area (Å²) >= 11 is 0. The molecule has 0 aromatic heterocycles. The predicted molar refractivity (Wildman–Crippen MR) is 213 cm³/mol. The van der Waals surface area contributed by atoms with Crippen LogP contribution >= 0.6 is 0 Å². The fourth-order valence-corrected chi connectivity index (χ4v) is 4.26. The maximum atomic E-state index is 11.7. The minimum Gasteiger partial charge on any atom is -0.463 e.